The fourth-order valence-corrected chi connectivity index (χ4v) is 1.95. The lowest BCUT2D eigenvalue weighted by Gasteiger charge is -2.37. The predicted molar refractivity (Wildman–Crippen MR) is 64.0 cm³/mol. The Hall–Kier alpha value is -1.51. The Labute approximate surface area is 96.0 Å². The summed E-state index contributed by atoms with van der Waals surface area (Å²) in [4.78, 5) is 13.7. The van der Waals surface area contributed by atoms with Crippen molar-refractivity contribution in [2.24, 2.45) is 0 Å². The van der Waals surface area contributed by atoms with Gasteiger partial charge in [-0.2, -0.15) is 0 Å². The van der Waals surface area contributed by atoms with E-state index in [-0.39, 0.29) is 5.91 Å². The van der Waals surface area contributed by atoms with Crippen molar-refractivity contribution in [3.05, 3.63) is 23.3 Å². The molecule has 1 aromatic carbocycles. The minimum absolute atomic E-state index is 0.0109. The maximum absolute atomic E-state index is 12.0. The van der Waals surface area contributed by atoms with E-state index in [0.717, 1.165) is 11.4 Å². The molecule has 0 radical (unpaired) electrons. The first kappa shape index (κ1) is 11.0. The molecule has 0 aliphatic carbocycles. The standard InChI is InChI=1S/C13H17NO2/c1-8-6-10-11(7-9(8)2)16-13(3,4)12(15)14(10)5/h6-7H,1-5H3. The smallest absolute Gasteiger partial charge is 0.270 e. The average molecular weight is 219 g/mol. The molecule has 0 saturated carbocycles. The molecule has 3 nitrogen and oxygen atoms in total. The number of nitrogens with zero attached hydrogens (tertiary/aromatic N) is 1. The lowest BCUT2D eigenvalue weighted by Crippen LogP contribution is -2.50. The molecule has 0 unspecified atom stereocenters. The maximum atomic E-state index is 12.0. The number of hydrogen-bond donors (Lipinski definition) is 0. The molecule has 1 aromatic rings. The van der Waals surface area contributed by atoms with Crippen LogP contribution in [0.25, 0.3) is 0 Å². The molecule has 0 spiro atoms. The highest BCUT2D eigenvalue weighted by molar-refractivity contribution is 6.02. The topological polar surface area (TPSA) is 29.5 Å². The number of carbonyl (C=O) groups is 1. The van der Waals surface area contributed by atoms with Gasteiger partial charge in [0.25, 0.3) is 5.91 Å². The minimum Gasteiger partial charge on any atom is -0.476 e. The highest BCUT2D eigenvalue weighted by atomic mass is 16.5. The Balaban J connectivity index is 2.60. The molecule has 2 rings (SSSR count). The van der Waals surface area contributed by atoms with E-state index in [1.54, 1.807) is 25.8 Å². The summed E-state index contributed by atoms with van der Waals surface area (Å²) in [5.41, 5.74) is 2.43. The van der Waals surface area contributed by atoms with Crippen molar-refractivity contribution >= 4 is 11.6 Å². The third kappa shape index (κ3) is 1.47. The van der Waals surface area contributed by atoms with Gasteiger partial charge in [0.15, 0.2) is 5.60 Å². The molecule has 3 heteroatoms. The van der Waals surface area contributed by atoms with Crippen LogP contribution in [0.3, 0.4) is 0 Å². The number of likely N-dealkylation sites (N-methyl/N-ethyl adjacent to an activating group) is 1. The van der Waals surface area contributed by atoms with Crippen LogP contribution in [-0.4, -0.2) is 18.6 Å². The Bertz CT molecular complexity index is 463. The van der Waals surface area contributed by atoms with Crippen molar-refractivity contribution < 1.29 is 9.53 Å². The first-order chi connectivity index (χ1) is 7.33. The van der Waals surface area contributed by atoms with Crippen molar-refractivity contribution in [1.29, 1.82) is 0 Å². The van der Waals surface area contributed by atoms with Crippen molar-refractivity contribution in [2.75, 3.05) is 11.9 Å². The fraction of sp³-hybridized carbons (Fsp3) is 0.462. The molecule has 0 bridgehead atoms. The van der Waals surface area contributed by atoms with Gasteiger partial charge in [-0.25, -0.2) is 0 Å². The molecular formula is C13H17NO2. The van der Waals surface area contributed by atoms with E-state index >= 15 is 0 Å². The Morgan fingerprint density at radius 2 is 1.75 bits per heavy atom. The van der Waals surface area contributed by atoms with Gasteiger partial charge < -0.3 is 9.64 Å². The van der Waals surface area contributed by atoms with Crippen LogP contribution in [-0.2, 0) is 4.79 Å². The van der Waals surface area contributed by atoms with Gasteiger partial charge in [0, 0.05) is 7.05 Å². The summed E-state index contributed by atoms with van der Waals surface area (Å²) in [6, 6.07) is 3.99. The van der Waals surface area contributed by atoms with Crippen LogP contribution in [0.2, 0.25) is 0 Å². The normalized spacial score (nSPS) is 18.1. The second kappa shape index (κ2) is 3.24. The van der Waals surface area contributed by atoms with Crippen molar-refractivity contribution in [3.63, 3.8) is 0 Å². The summed E-state index contributed by atoms with van der Waals surface area (Å²) < 4.78 is 5.75. The van der Waals surface area contributed by atoms with E-state index in [9.17, 15) is 4.79 Å². The minimum atomic E-state index is -0.774. The van der Waals surface area contributed by atoms with E-state index in [4.69, 9.17) is 4.74 Å². The molecule has 0 N–H and O–H groups in total. The van der Waals surface area contributed by atoms with Crippen molar-refractivity contribution in [2.45, 2.75) is 33.3 Å². The molecule has 0 aromatic heterocycles. The Morgan fingerprint density at radius 3 is 2.38 bits per heavy atom. The van der Waals surface area contributed by atoms with Gasteiger partial charge in [-0.1, -0.05) is 0 Å². The van der Waals surface area contributed by atoms with Crippen LogP contribution in [0, 0.1) is 13.8 Å². The van der Waals surface area contributed by atoms with Crippen LogP contribution >= 0.6 is 0 Å². The van der Waals surface area contributed by atoms with Gasteiger partial charge in [-0.3, -0.25) is 4.79 Å². The van der Waals surface area contributed by atoms with Crippen molar-refractivity contribution in [1.82, 2.24) is 0 Å². The molecule has 1 heterocycles. The van der Waals surface area contributed by atoms with E-state index in [2.05, 4.69) is 0 Å². The average Bonchev–Trinajstić information content (AvgIpc) is 2.18. The molecule has 1 aliphatic rings. The number of carbonyl (C=O) groups excluding carboxylic acids is 1. The zero-order valence-corrected chi connectivity index (χ0v) is 10.4. The third-order valence-electron chi connectivity index (χ3n) is 3.12. The lowest BCUT2D eigenvalue weighted by molar-refractivity contribution is -0.132. The van der Waals surface area contributed by atoms with Crippen LogP contribution in [0.4, 0.5) is 5.69 Å². The van der Waals surface area contributed by atoms with Crippen LogP contribution < -0.4 is 9.64 Å². The first-order valence-electron chi connectivity index (χ1n) is 5.41. The lowest BCUT2D eigenvalue weighted by atomic mass is 10.0. The summed E-state index contributed by atoms with van der Waals surface area (Å²) in [7, 11) is 1.79. The van der Waals surface area contributed by atoms with E-state index in [1.165, 1.54) is 11.1 Å². The number of anilines is 1. The van der Waals surface area contributed by atoms with E-state index in [1.807, 2.05) is 26.0 Å². The van der Waals surface area contributed by atoms with Crippen molar-refractivity contribution in [3.8, 4) is 5.75 Å². The molecule has 86 valence electrons. The van der Waals surface area contributed by atoms with Crippen LogP contribution in [0.5, 0.6) is 5.75 Å². The molecule has 0 atom stereocenters. The maximum Gasteiger partial charge on any atom is 0.270 e. The number of hydrogen-bond acceptors (Lipinski definition) is 2. The number of amides is 1. The number of aryl methyl sites for hydroxylation is 2. The van der Waals surface area contributed by atoms with E-state index < -0.39 is 5.60 Å². The third-order valence-corrected chi connectivity index (χ3v) is 3.12. The van der Waals surface area contributed by atoms with Crippen LogP contribution in [0.1, 0.15) is 25.0 Å². The molecule has 1 aliphatic heterocycles. The summed E-state index contributed by atoms with van der Waals surface area (Å²) in [6.07, 6.45) is 0. The first-order valence-corrected chi connectivity index (χ1v) is 5.41. The predicted octanol–water partition coefficient (Wildman–Crippen LogP) is 2.44. The summed E-state index contributed by atoms with van der Waals surface area (Å²) in [6.45, 7) is 7.67. The van der Waals surface area contributed by atoms with Gasteiger partial charge >= 0.3 is 0 Å². The monoisotopic (exact) mass is 219 g/mol. The number of benzene rings is 1. The Kier molecular flexibility index (Phi) is 2.22. The largest absolute Gasteiger partial charge is 0.476 e. The fourth-order valence-electron chi connectivity index (χ4n) is 1.95. The molecule has 16 heavy (non-hydrogen) atoms. The number of rotatable bonds is 0. The SMILES string of the molecule is Cc1cc2c(cc1C)N(C)C(=O)C(C)(C)O2. The Morgan fingerprint density at radius 1 is 1.19 bits per heavy atom. The van der Waals surface area contributed by atoms with Gasteiger partial charge in [0.05, 0.1) is 5.69 Å². The highest BCUT2D eigenvalue weighted by Gasteiger charge is 2.39. The van der Waals surface area contributed by atoms with Gasteiger partial charge in [-0.05, 0) is 51.0 Å². The van der Waals surface area contributed by atoms with Gasteiger partial charge in [-0.15, -0.1) is 0 Å². The molecule has 0 fully saturated rings. The number of fused-ring (bicyclic) bond motifs is 1. The summed E-state index contributed by atoms with van der Waals surface area (Å²) in [5, 5.41) is 0. The second-order valence-electron chi connectivity index (χ2n) is 4.88. The zero-order chi connectivity index (χ0) is 12.1. The zero-order valence-electron chi connectivity index (χ0n) is 10.4. The highest BCUT2D eigenvalue weighted by Crippen LogP contribution is 2.38. The summed E-state index contributed by atoms with van der Waals surface area (Å²) >= 11 is 0. The second-order valence-corrected chi connectivity index (χ2v) is 4.88. The van der Waals surface area contributed by atoms with Crippen LogP contribution in [0.15, 0.2) is 12.1 Å². The molecule has 1 amide bonds. The summed E-state index contributed by atoms with van der Waals surface area (Å²) in [5.74, 6) is 0.776. The van der Waals surface area contributed by atoms with Gasteiger partial charge in [0.1, 0.15) is 5.75 Å². The molecule has 0 saturated heterocycles. The molecular weight excluding hydrogens is 202 g/mol. The van der Waals surface area contributed by atoms with E-state index in [0.29, 0.717) is 0 Å². The number of ether oxygens (including phenoxy) is 1. The van der Waals surface area contributed by atoms with Gasteiger partial charge in [0.2, 0.25) is 0 Å². The quantitative estimate of drug-likeness (QED) is 0.670.